The fourth-order valence-electron chi connectivity index (χ4n) is 0.295. The van der Waals surface area contributed by atoms with Gasteiger partial charge >= 0.3 is 5.97 Å². The highest BCUT2D eigenvalue weighted by molar-refractivity contribution is 5.88. The molecule has 0 saturated carbocycles. The normalized spacial score (nSPS) is 11.1. The molecule has 0 fully saturated rings. The molecule has 0 saturated heterocycles. The number of rotatable bonds is 1. The van der Waals surface area contributed by atoms with Crippen molar-refractivity contribution in [2.24, 2.45) is 0 Å². The Balaban J connectivity index is 3.78. The Morgan fingerprint density at radius 1 is 1.80 bits per heavy atom. The van der Waals surface area contributed by atoms with Crippen LogP contribution in [0.3, 0.4) is 0 Å². The third-order valence-electron chi connectivity index (χ3n) is 0.913. The van der Waals surface area contributed by atoms with Crippen molar-refractivity contribution in [3.8, 4) is 11.8 Å². The predicted molar refractivity (Wildman–Crippen MR) is 36.1 cm³/mol. The van der Waals surface area contributed by atoms with Crippen molar-refractivity contribution < 1.29 is 14.6 Å². The quantitative estimate of drug-likeness (QED) is 0.317. The molecular formula is C7H10O3. The number of aliphatic hydroxyl groups is 1. The number of methoxy groups -OCH3 is 1. The van der Waals surface area contributed by atoms with Crippen molar-refractivity contribution in [2.75, 3.05) is 7.11 Å². The van der Waals surface area contributed by atoms with Crippen LogP contribution in [0.1, 0.15) is 13.3 Å². The minimum atomic E-state index is -0.723. The Morgan fingerprint density at radius 3 is 2.80 bits per heavy atom. The summed E-state index contributed by atoms with van der Waals surface area (Å²) in [7, 11) is 1.25. The number of ether oxygens (including phenoxy) is 1. The summed E-state index contributed by atoms with van der Waals surface area (Å²) in [4.78, 5) is 10.3. The number of carbonyl (C=O) groups is 1. The van der Waals surface area contributed by atoms with E-state index >= 15 is 0 Å². The number of esters is 1. The topological polar surface area (TPSA) is 46.5 Å². The highest BCUT2D eigenvalue weighted by Crippen LogP contribution is 1.84. The Labute approximate surface area is 60.0 Å². The predicted octanol–water partition coefficient (Wildman–Crippen LogP) is -0.0663. The highest BCUT2D eigenvalue weighted by Gasteiger charge is 1.93. The van der Waals surface area contributed by atoms with Gasteiger partial charge in [-0.25, -0.2) is 4.79 Å². The molecule has 0 spiro atoms. The van der Waals surface area contributed by atoms with Crippen LogP contribution in [0.4, 0.5) is 0 Å². The molecule has 1 N–H and O–H groups in total. The molecule has 0 unspecified atom stereocenters. The standard InChI is InChI=1S/C7H10O3/c1-3-6(8)4-5-7(9)10-2/h6,8H,3H2,1-2H3/t6-/m0/s1. The molecule has 0 aromatic heterocycles. The van der Waals surface area contributed by atoms with E-state index in [0.29, 0.717) is 6.42 Å². The molecule has 10 heavy (non-hydrogen) atoms. The van der Waals surface area contributed by atoms with Gasteiger partial charge in [-0.3, -0.25) is 0 Å². The van der Waals surface area contributed by atoms with Gasteiger partial charge in [-0.15, -0.1) is 0 Å². The first-order chi connectivity index (χ1) is 4.70. The van der Waals surface area contributed by atoms with Crippen molar-refractivity contribution in [3.63, 3.8) is 0 Å². The van der Waals surface area contributed by atoms with Gasteiger partial charge in [0.1, 0.15) is 6.10 Å². The smallest absolute Gasteiger partial charge is 0.384 e. The maximum atomic E-state index is 10.3. The molecule has 0 aliphatic rings. The molecule has 0 radical (unpaired) electrons. The van der Waals surface area contributed by atoms with Gasteiger partial charge < -0.3 is 9.84 Å². The van der Waals surface area contributed by atoms with Crippen molar-refractivity contribution in [1.82, 2.24) is 0 Å². The van der Waals surface area contributed by atoms with E-state index in [1.165, 1.54) is 7.11 Å². The minimum absolute atomic E-state index is 0.518. The van der Waals surface area contributed by atoms with Crippen LogP contribution in [0.2, 0.25) is 0 Å². The van der Waals surface area contributed by atoms with E-state index in [2.05, 4.69) is 16.6 Å². The molecule has 0 aliphatic heterocycles. The first-order valence-electron chi connectivity index (χ1n) is 2.98. The van der Waals surface area contributed by atoms with Crippen molar-refractivity contribution in [2.45, 2.75) is 19.4 Å². The lowest BCUT2D eigenvalue weighted by Gasteiger charge is -1.92. The Kier molecular flexibility index (Phi) is 4.34. The molecule has 0 rings (SSSR count). The molecule has 0 bridgehead atoms. The van der Waals surface area contributed by atoms with E-state index in [-0.39, 0.29) is 0 Å². The van der Waals surface area contributed by atoms with Crippen molar-refractivity contribution >= 4 is 5.97 Å². The zero-order valence-corrected chi connectivity index (χ0v) is 6.05. The van der Waals surface area contributed by atoms with Crippen molar-refractivity contribution in [1.29, 1.82) is 0 Å². The molecule has 0 aromatic rings. The van der Waals surface area contributed by atoms with Gasteiger partial charge in [0.05, 0.1) is 7.11 Å². The molecule has 3 nitrogen and oxygen atoms in total. The summed E-state index contributed by atoms with van der Waals surface area (Å²) in [6, 6.07) is 0. The second kappa shape index (κ2) is 4.83. The molecule has 1 atom stereocenters. The third-order valence-corrected chi connectivity index (χ3v) is 0.913. The van der Waals surface area contributed by atoms with Crippen LogP contribution in [0.25, 0.3) is 0 Å². The van der Waals surface area contributed by atoms with Gasteiger partial charge in [0, 0.05) is 5.92 Å². The van der Waals surface area contributed by atoms with Crippen LogP contribution in [0.15, 0.2) is 0 Å². The van der Waals surface area contributed by atoms with Crippen LogP contribution in [0, 0.1) is 11.8 Å². The average molecular weight is 142 g/mol. The van der Waals surface area contributed by atoms with Crippen LogP contribution in [-0.2, 0) is 9.53 Å². The number of aliphatic hydroxyl groups excluding tert-OH is 1. The lowest BCUT2D eigenvalue weighted by atomic mass is 10.3. The maximum Gasteiger partial charge on any atom is 0.384 e. The minimum Gasteiger partial charge on any atom is -0.459 e. The Hall–Kier alpha value is -1.01. The fraction of sp³-hybridized carbons (Fsp3) is 0.571. The van der Waals surface area contributed by atoms with Gasteiger partial charge in [0.15, 0.2) is 0 Å². The number of carbonyl (C=O) groups excluding carboxylic acids is 1. The van der Waals surface area contributed by atoms with Gasteiger partial charge in [0.25, 0.3) is 0 Å². The lowest BCUT2D eigenvalue weighted by Crippen LogP contribution is -2.02. The first kappa shape index (κ1) is 8.99. The van der Waals surface area contributed by atoms with Gasteiger partial charge in [-0.1, -0.05) is 12.8 Å². The molecule has 0 amide bonds. The monoisotopic (exact) mass is 142 g/mol. The molecule has 0 heterocycles. The average Bonchev–Trinajstić information content (AvgIpc) is 1.99. The van der Waals surface area contributed by atoms with E-state index < -0.39 is 12.1 Å². The second-order valence-corrected chi connectivity index (χ2v) is 1.68. The Morgan fingerprint density at radius 2 is 2.40 bits per heavy atom. The molecule has 3 heteroatoms. The molecule has 0 aliphatic carbocycles. The number of hydrogen-bond donors (Lipinski definition) is 1. The van der Waals surface area contributed by atoms with E-state index in [1.807, 2.05) is 0 Å². The molecular weight excluding hydrogens is 132 g/mol. The summed E-state index contributed by atoms with van der Waals surface area (Å²) in [6.45, 7) is 1.77. The van der Waals surface area contributed by atoms with Crippen molar-refractivity contribution in [3.05, 3.63) is 0 Å². The molecule has 0 aromatic carbocycles. The zero-order chi connectivity index (χ0) is 7.98. The van der Waals surface area contributed by atoms with Crippen LogP contribution < -0.4 is 0 Å². The van der Waals surface area contributed by atoms with Crippen LogP contribution in [-0.4, -0.2) is 24.3 Å². The van der Waals surface area contributed by atoms with E-state index in [4.69, 9.17) is 5.11 Å². The maximum absolute atomic E-state index is 10.3. The van der Waals surface area contributed by atoms with E-state index in [1.54, 1.807) is 6.92 Å². The van der Waals surface area contributed by atoms with Gasteiger partial charge in [0.2, 0.25) is 0 Å². The summed E-state index contributed by atoms with van der Waals surface area (Å²) < 4.78 is 4.22. The number of hydrogen-bond acceptors (Lipinski definition) is 3. The van der Waals surface area contributed by atoms with Crippen LogP contribution in [0.5, 0.6) is 0 Å². The van der Waals surface area contributed by atoms with E-state index in [9.17, 15) is 4.79 Å². The van der Waals surface area contributed by atoms with Crippen LogP contribution >= 0.6 is 0 Å². The summed E-state index contributed by atoms with van der Waals surface area (Å²) in [5.41, 5.74) is 0. The largest absolute Gasteiger partial charge is 0.459 e. The first-order valence-corrected chi connectivity index (χ1v) is 2.98. The Bertz CT molecular complexity index is 163. The third kappa shape index (κ3) is 3.93. The second-order valence-electron chi connectivity index (χ2n) is 1.68. The summed E-state index contributed by atoms with van der Waals surface area (Å²) in [5.74, 6) is 3.82. The van der Waals surface area contributed by atoms with Gasteiger partial charge in [-0.2, -0.15) is 0 Å². The summed E-state index contributed by atoms with van der Waals surface area (Å²) in [5, 5.41) is 8.82. The highest BCUT2D eigenvalue weighted by atomic mass is 16.5. The van der Waals surface area contributed by atoms with Gasteiger partial charge in [-0.05, 0) is 6.42 Å². The summed E-state index contributed by atoms with van der Waals surface area (Å²) in [6.07, 6.45) is -0.205. The fourth-order valence-corrected chi connectivity index (χ4v) is 0.295. The summed E-state index contributed by atoms with van der Waals surface area (Å²) >= 11 is 0. The van der Waals surface area contributed by atoms with E-state index in [0.717, 1.165) is 0 Å². The lowest BCUT2D eigenvalue weighted by molar-refractivity contribution is -0.133. The SMILES string of the molecule is CC[C@H](O)C#CC(=O)OC. The zero-order valence-electron chi connectivity index (χ0n) is 6.05. The molecule has 56 valence electrons.